The Hall–Kier alpha value is -5.71. The number of aromatic nitrogens is 2. The minimum atomic E-state index is -0.369. The number of hydrogen-bond donors (Lipinski definition) is 2. The van der Waals surface area contributed by atoms with E-state index in [9.17, 15) is 9.59 Å². The number of carbonyl (C=O) groups is 1. The lowest BCUT2D eigenvalue weighted by Gasteiger charge is -2.47. The predicted molar refractivity (Wildman–Crippen MR) is 204 cm³/mol. The van der Waals surface area contributed by atoms with Gasteiger partial charge in [0.05, 0.1) is 39.4 Å². The van der Waals surface area contributed by atoms with Crippen molar-refractivity contribution in [2.45, 2.75) is 44.2 Å². The van der Waals surface area contributed by atoms with Crippen LogP contribution in [0.25, 0.3) is 10.8 Å². The zero-order chi connectivity index (χ0) is 36.6. The Bertz CT molecular complexity index is 2230. The number of nitrogens with one attached hydrogen (secondary N) is 2. The molecule has 2 bridgehead atoms. The molecule has 5 heterocycles. The van der Waals surface area contributed by atoms with E-state index in [1.165, 1.54) is 16.2 Å². The number of nitrogens with zero attached hydrogens (tertiary/aromatic N) is 3. The molecule has 4 aliphatic rings. The van der Waals surface area contributed by atoms with E-state index >= 15 is 0 Å². The molecular weight excluding hydrogens is 670 g/mol. The molecule has 2 aromatic heterocycles. The van der Waals surface area contributed by atoms with Crippen LogP contribution in [0, 0.1) is 5.41 Å². The molecule has 3 fully saturated rings. The lowest BCUT2D eigenvalue weighted by molar-refractivity contribution is -0.133. The van der Waals surface area contributed by atoms with E-state index < -0.39 is 0 Å². The Balaban J connectivity index is 1.01. The summed E-state index contributed by atoms with van der Waals surface area (Å²) in [6.45, 7) is 2.90. The zero-order valence-corrected chi connectivity index (χ0v) is 30.4. The Morgan fingerprint density at radius 2 is 1.85 bits per heavy atom. The Morgan fingerprint density at radius 1 is 0.962 bits per heavy atom. The molecule has 11 nitrogen and oxygen atoms in total. The van der Waals surface area contributed by atoms with E-state index in [1.54, 1.807) is 27.5 Å². The maximum absolute atomic E-state index is 14.2. The maximum atomic E-state index is 14.2. The van der Waals surface area contributed by atoms with Crippen LogP contribution in [-0.4, -0.2) is 66.4 Å². The second kappa shape index (κ2) is 14.0. The third kappa shape index (κ3) is 6.71. The van der Waals surface area contributed by atoms with Crippen molar-refractivity contribution in [3.05, 3.63) is 112 Å². The highest BCUT2D eigenvalue weighted by molar-refractivity contribution is 6.00. The van der Waals surface area contributed by atoms with Crippen molar-refractivity contribution in [3.8, 4) is 23.0 Å². The van der Waals surface area contributed by atoms with Crippen molar-refractivity contribution in [1.82, 2.24) is 14.5 Å². The lowest BCUT2D eigenvalue weighted by Crippen LogP contribution is -2.56. The Morgan fingerprint density at radius 3 is 2.68 bits per heavy atom. The summed E-state index contributed by atoms with van der Waals surface area (Å²) in [5.74, 6) is 3.83. The molecular formula is C42H45N5O6. The Kier molecular flexibility index (Phi) is 9.10. The summed E-state index contributed by atoms with van der Waals surface area (Å²) in [5.41, 5.74) is 3.47. The third-order valence-corrected chi connectivity index (χ3v) is 11.1. The molecule has 1 aliphatic carbocycles. The summed E-state index contributed by atoms with van der Waals surface area (Å²) in [4.78, 5) is 33.2. The van der Waals surface area contributed by atoms with Crippen molar-refractivity contribution < 1.29 is 23.7 Å². The Labute approximate surface area is 308 Å². The highest BCUT2D eigenvalue weighted by Crippen LogP contribution is 2.59. The van der Waals surface area contributed by atoms with Gasteiger partial charge in [-0.2, -0.15) is 0 Å². The summed E-state index contributed by atoms with van der Waals surface area (Å²) < 4.78 is 24.5. The molecule has 2 saturated heterocycles. The fourth-order valence-corrected chi connectivity index (χ4v) is 8.46. The smallest absolute Gasteiger partial charge is 0.253 e. The average molecular weight is 716 g/mol. The molecule has 274 valence electrons. The van der Waals surface area contributed by atoms with Gasteiger partial charge in [-0.25, -0.2) is 4.98 Å². The van der Waals surface area contributed by atoms with Crippen molar-refractivity contribution >= 4 is 28.2 Å². The van der Waals surface area contributed by atoms with Crippen LogP contribution in [0.15, 0.2) is 90.0 Å². The van der Waals surface area contributed by atoms with E-state index in [2.05, 4.69) is 38.7 Å². The van der Waals surface area contributed by atoms with Crippen LogP contribution in [0.3, 0.4) is 0 Å². The van der Waals surface area contributed by atoms with Crippen LogP contribution in [0.5, 0.6) is 23.0 Å². The summed E-state index contributed by atoms with van der Waals surface area (Å²) >= 11 is 0. The standard InChI is InChI=1S/C42H45N5O6/c1-46-16-14-32(21-38(46)48)53-27-41-23-42(24-41,47(26-41)39(49)19-28-9-12-36-29(18-28)6-5-17-52-36)25-45-35-8-4-7-34-33(35)13-15-43-40(34)44-22-30-10-11-31(50-2)20-37(30)51-3/h4,7-16,18,20-21,45H,5-6,17,19,22-27H2,1-3H3,(H,43,44). The van der Waals surface area contributed by atoms with Crippen LogP contribution in [0.4, 0.5) is 11.5 Å². The summed E-state index contributed by atoms with van der Waals surface area (Å²) in [6, 6.07) is 23.5. The van der Waals surface area contributed by atoms with Crippen molar-refractivity contribution in [2.75, 3.05) is 51.2 Å². The molecule has 0 unspecified atom stereocenters. The number of fused-ring (bicyclic) bond motifs is 3. The zero-order valence-electron chi connectivity index (χ0n) is 30.4. The van der Waals surface area contributed by atoms with Gasteiger partial charge in [0.25, 0.3) is 5.56 Å². The molecule has 3 aromatic carbocycles. The van der Waals surface area contributed by atoms with E-state index in [0.29, 0.717) is 38.4 Å². The average Bonchev–Trinajstić information content (AvgIpc) is 3.68. The number of ether oxygens (including phenoxy) is 4. The molecule has 3 aliphatic heterocycles. The van der Waals surface area contributed by atoms with Crippen LogP contribution in [-0.2, 0) is 31.2 Å². The maximum Gasteiger partial charge on any atom is 0.253 e. The summed E-state index contributed by atoms with van der Waals surface area (Å²) in [7, 11) is 5.01. The van der Waals surface area contributed by atoms with Crippen LogP contribution in [0.1, 0.15) is 36.0 Å². The first kappa shape index (κ1) is 34.4. The lowest BCUT2D eigenvalue weighted by atomic mass is 9.62. The van der Waals surface area contributed by atoms with Crippen LogP contribution >= 0.6 is 0 Å². The topological polar surface area (TPSA) is 116 Å². The van der Waals surface area contributed by atoms with Gasteiger partial charge >= 0.3 is 0 Å². The molecule has 0 radical (unpaired) electrons. The summed E-state index contributed by atoms with van der Waals surface area (Å²) in [5, 5.41) is 9.28. The number of hydrogen-bond acceptors (Lipinski definition) is 9. The number of methoxy groups -OCH3 is 2. The van der Waals surface area contributed by atoms with Crippen LogP contribution < -0.4 is 35.1 Å². The number of amides is 1. The monoisotopic (exact) mass is 715 g/mol. The third-order valence-electron chi connectivity index (χ3n) is 11.1. The van der Waals surface area contributed by atoms with Gasteiger partial charge in [0.2, 0.25) is 5.91 Å². The predicted octanol–water partition coefficient (Wildman–Crippen LogP) is 5.98. The normalized spacial score (nSPS) is 19.9. The summed E-state index contributed by atoms with van der Waals surface area (Å²) in [6.07, 6.45) is 7.43. The van der Waals surface area contributed by atoms with Gasteiger partial charge in [-0.15, -0.1) is 0 Å². The largest absolute Gasteiger partial charge is 0.497 e. The molecule has 0 atom stereocenters. The van der Waals surface area contributed by atoms with Gasteiger partial charge in [0, 0.05) is 78.6 Å². The van der Waals surface area contributed by atoms with E-state index in [4.69, 9.17) is 18.9 Å². The molecule has 11 heteroatoms. The first-order valence-corrected chi connectivity index (χ1v) is 18.2. The molecule has 5 aromatic rings. The van der Waals surface area contributed by atoms with Gasteiger partial charge in [-0.1, -0.05) is 24.3 Å². The molecule has 2 N–H and O–H groups in total. The molecule has 1 saturated carbocycles. The van der Waals surface area contributed by atoms with Gasteiger partial charge in [-0.05, 0) is 73.2 Å². The van der Waals surface area contributed by atoms with Gasteiger partial charge in [0.1, 0.15) is 28.8 Å². The number of benzene rings is 3. The molecule has 9 rings (SSSR count). The van der Waals surface area contributed by atoms with Gasteiger partial charge in [-0.3, -0.25) is 9.59 Å². The SMILES string of the molecule is COc1ccc(CNc2nccc3c(NCC45CC(COc6ccn(C)c(=O)c6)(CN4C(=O)Cc4ccc6c(c4)CCCO6)C5)cccc23)c(OC)c1. The van der Waals surface area contributed by atoms with E-state index in [0.717, 1.165) is 82.9 Å². The van der Waals surface area contributed by atoms with Crippen LogP contribution in [0.2, 0.25) is 0 Å². The first-order chi connectivity index (χ1) is 25.8. The van der Waals surface area contributed by atoms with E-state index in [1.807, 2.05) is 54.7 Å². The van der Waals surface area contributed by atoms with E-state index in [-0.39, 0.29) is 22.4 Å². The second-order valence-corrected chi connectivity index (χ2v) is 14.7. The fraction of sp³-hybridized carbons (Fsp3) is 0.357. The molecule has 0 spiro atoms. The van der Waals surface area contributed by atoms with Crippen molar-refractivity contribution in [3.63, 3.8) is 0 Å². The molecule has 53 heavy (non-hydrogen) atoms. The number of rotatable bonds is 13. The van der Waals surface area contributed by atoms with Crippen molar-refractivity contribution in [1.29, 1.82) is 0 Å². The minimum Gasteiger partial charge on any atom is -0.497 e. The number of aryl methyl sites for hydroxylation is 2. The first-order valence-electron chi connectivity index (χ1n) is 18.2. The number of anilines is 2. The number of carbonyl (C=O) groups excluding carboxylic acids is 1. The second-order valence-electron chi connectivity index (χ2n) is 14.7. The number of pyridine rings is 2. The highest BCUT2D eigenvalue weighted by atomic mass is 16.5. The molecule has 1 amide bonds. The quantitative estimate of drug-likeness (QED) is 0.152. The van der Waals surface area contributed by atoms with Crippen molar-refractivity contribution in [2.24, 2.45) is 12.5 Å². The highest BCUT2D eigenvalue weighted by Gasteiger charge is 2.66. The van der Waals surface area contributed by atoms with Gasteiger partial charge in [0.15, 0.2) is 0 Å². The fourth-order valence-electron chi connectivity index (χ4n) is 8.46. The minimum absolute atomic E-state index is 0.110. The van der Waals surface area contributed by atoms with Gasteiger partial charge < -0.3 is 39.0 Å².